The molecule has 0 heterocycles. The predicted molar refractivity (Wildman–Crippen MR) is 101 cm³/mol. The van der Waals surface area contributed by atoms with E-state index in [1.165, 1.54) is 43.2 Å². The van der Waals surface area contributed by atoms with E-state index in [-0.39, 0.29) is 0 Å². The van der Waals surface area contributed by atoms with Gasteiger partial charge in [0.25, 0.3) is 0 Å². The number of rotatable bonds is 6. The molecular formula is C22H29NO. The summed E-state index contributed by atoms with van der Waals surface area (Å²) in [6.07, 6.45) is 6.30. The first-order chi connectivity index (χ1) is 11.7. The minimum Gasteiger partial charge on any atom is -0.508 e. The minimum atomic E-state index is 0.357. The Kier molecular flexibility index (Phi) is 5.92. The van der Waals surface area contributed by atoms with Crippen molar-refractivity contribution >= 4 is 0 Å². The summed E-state index contributed by atoms with van der Waals surface area (Å²) in [4.78, 5) is 0. The summed E-state index contributed by atoms with van der Waals surface area (Å²) in [6, 6.07) is 19.2. The van der Waals surface area contributed by atoms with Gasteiger partial charge in [-0.3, -0.25) is 0 Å². The summed E-state index contributed by atoms with van der Waals surface area (Å²) in [5.74, 6) is 1.52. The molecule has 0 amide bonds. The van der Waals surface area contributed by atoms with Crippen LogP contribution in [0.25, 0.3) is 0 Å². The van der Waals surface area contributed by atoms with Crippen LogP contribution in [0, 0.1) is 0 Å². The van der Waals surface area contributed by atoms with Gasteiger partial charge >= 0.3 is 0 Å². The van der Waals surface area contributed by atoms with Gasteiger partial charge in [-0.25, -0.2) is 0 Å². The third-order valence-corrected chi connectivity index (χ3v) is 5.44. The molecule has 2 nitrogen and oxygen atoms in total. The van der Waals surface area contributed by atoms with Crippen LogP contribution < -0.4 is 5.32 Å². The van der Waals surface area contributed by atoms with Crippen LogP contribution in [-0.4, -0.2) is 17.7 Å². The molecule has 2 aromatic rings. The zero-order valence-corrected chi connectivity index (χ0v) is 14.6. The molecule has 0 radical (unpaired) electrons. The van der Waals surface area contributed by atoms with Gasteiger partial charge in [-0.1, -0.05) is 62.2 Å². The van der Waals surface area contributed by atoms with Crippen LogP contribution in [-0.2, 0) is 0 Å². The maximum Gasteiger partial charge on any atom is 0.115 e. The van der Waals surface area contributed by atoms with Crippen molar-refractivity contribution < 1.29 is 5.11 Å². The van der Waals surface area contributed by atoms with Gasteiger partial charge in [0.2, 0.25) is 0 Å². The van der Waals surface area contributed by atoms with E-state index < -0.39 is 0 Å². The lowest BCUT2D eigenvalue weighted by molar-refractivity contribution is 0.324. The number of nitrogens with one attached hydrogen (secondary N) is 1. The van der Waals surface area contributed by atoms with Crippen LogP contribution in [0.2, 0.25) is 0 Å². The van der Waals surface area contributed by atoms with E-state index >= 15 is 0 Å². The van der Waals surface area contributed by atoms with Gasteiger partial charge in [0.15, 0.2) is 0 Å². The molecule has 0 bridgehead atoms. The lowest BCUT2D eigenvalue weighted by atomic mass is 9.80. The van der Waals surface area contributed by atoms with Crippen molar-refractivity contribution in [2.45, 2.75) is 56.9 Å². The maximum absolute atomic E-state index is 9.52. The monoisotopic (exact) mass is 323 g/mol. The molecule has 24 heavy (non-hydrogen) atoms. The number of hydrogen-bond acceptors (Lipinski definition) is 2. The summed E-state index contributed by atoms with van der Waals surface area (Å²) < 4.78 is 0. The Labute approximate surface area is 145 Å². The normalized spacial score (nSPS) is 22.2. The average molecular weight is 323 g/mol. The van der Waals surface area contributed by atoms with Crippen LogP contribution in [0.5, 0.6) is 5.75 Å². The highest BCUT2D eigenvalue weighted by Crippen LogP contribution is 2.34. The third-order valence-electron chi connectivity index (χ3n) is 5.44. The van der Waals surface area contributed by atoms with Crippen molar-refractivity contribution in [3.05, 3.63) is 65.7 Å². The van der Waals surface area contributed by atoms with Crippen LogP contribution in [0.3, 0.4) is 0 Å². The van der Waals surface area contributed by atoms with Gasteiger partial charge in [-0.05, 0) is 60.9 Å². The molecule has 1 fully saturated rings. The van der Waals surface area contributed by atoms with E-state index in [4.69, 9.17) is 0 Å². The Balaban J connectivity index is 1.55. The third kappa shape index (κ3) is 4.39. The first-order valence-corrected chi connectivity index (χ1v) is 9.31. The molecule has 3 rings (SSSR count). The molecule has 3 atom stereocenters. The Morgan fingerprint density at radius 1 is 1.00 bits per heavy atom. The summed E-state index contributed by atoms with van der Waals surface area (Å²) in [6.45, 7) is 3.38. The highest BCUT2D eigenvalue weighted by Gasteiger charge is 2.26. The molecule has 1 aliphatic carbocycles. The predicted octanol–water partition coefficient (Wildman–Crippen LogP) is 5.20. The molecule has 0 spiro atoms. The fraction of sp³-hybridized carbons (Fsp3) is 0.455. The molecule has 3 unspecified atom stereocenters. The quantitative estimate of drug-likeness (QED) is 0.765. The zero-order valence-electron chi connectivity index (χ0n) is 14.6. The van der Waals surface area contributed by atoms with Crippen molar-refractivity contribution in [1.29, 1.82) is 0 Å². The molecule has 1 aliphatic rings. The standard InChI is InChI=1S/C22H29NO/c1-17(18-7-3-2-4-8-18)15-16-23-22-10-6-5-9-21(22)19-11-13-20(24)14-12-19/h2-4,7-8,11-14,17,21-24H,5-6,9-10,15-16H2,1H3. The molecule has 128 valence electrons. The van der Waals surface area contributed by atoms with Gasteiger partial charge in [-0.15, -0.1) is 0 Å². The molecule has 2 heteroatoms. The molecule has 0 aromatic heterocycles. The summed E-state index contributed by atoms with van der Waals surface area (Å²) >= 11 is 0. The minimum absolute atomic E-state index is 0.357. The second-order valence-corrected chi connectivity index (χ2v) is 7.14. The van der Waals surface area contributed by atoms with Crippen molar-refractivity contribution in [3.8, 4) is 5.75 Å². The van der Waals surface area contributed by atoms with Crippen molar-refractivity contribution in [3.63, 3.8) is 0 Å². The van der Waals surface area contributed by atoms with E-state index in [0.29, 0.717) is 23.6 Å². The number of benzene rings is 2. The SMILES string of the molecule is CC(CCNC1CCCCC1c1ccc(O)cc1)c1ccccc1. The smallest absolute Gasteiger partial charge is 0.115 e. The van der Waals surface area contributed by atoms with Crippen molar-refractivity contribution in [2.24, 2.45) is 0 Å². The van der Waals surface area contributed by atoms with Crippen molar-refractivity contribution in [2.75, 3.05) is 6.54 Å². The van der Waals surface area contributed by atoms with Gasteiger partial charge < -0.3 is 10.4 Å². The second-order valence-electron chi connectivity index (χ2n) is 7.14. The topological polar surface area (TPSA) is 32.3 Å². The lowest BCUT2D eigenvalue weighted by Gasteiger charge is -2.33. The number of phenolic OH excluding ortho intramolecular Hbond substituents is 1. The van der Waals surface area contributed by atoms with Crippen molar-refractivity contribution in [1.82, 2.24) is 5.32 Å². The van der Waals surface area contributed by atoms with Gasteiger partial charge in [0.1, 0.15) is 5.75 Å². The Morgan fingerprint density at radius 3 is 2.46 bits per heavy atom. The van der Waals surface area contributed by atoms with E-state index in [9.17, 15) is 5.11 Å². The fourth-order valence-corrected chi connectivity index (χ4v) is 3.93. The molecule has 0 aliphatic heterocycles. The number of phenols is 1. The number of hydrogen-bond donors (Lipinski definition) is 2. The lowest BCUT2D eigenvalue weighted by Crippen LogP contribution is -2.38. The highest BCUT2D eigenvalue weighted by molar-refractivity contribution is 5.29. The van der Waals surface area contributed by atoms with E-state index in [1.807, 2.05) is 12.1 Å². The zero-order chi connectivity index (χ0) is 16.8. The van der Waals surface area contributed by atoms with Gasteiger partial charge in [-0.2, -0.15) is 0 Å². The highest BCUT2D eigenvalue weighted by atomic mass is 16.3. The Morgan fingerprint density at radius 2 is 1.71 bits per heavy atom. The van der Waals surface area contributed by atoms with E-state index in [0.717, 1.165) is 6.54 Å². The summed E-state index contributed by atoms with van der Waals surface area (Å²) in [5.41, 5.74) is 2.79. The van der Waals surface area contributed by atoms with Crippen LogP contribution in [0.1, 0.15) is 62.0 Å². The van der Waals surface area contributed by atoms with Gasteiger partial charge in [0.05, 0.1) is 0 Å². The molecule has 0 saturated heterocycles. The molecule has 2 N–H and O–H groups in total. The van der Waals surface area contributed by atoms with E-state index in [1.54, 1.807) is 0 Å². The maximum atomic E-state index is 9.52. The van der Waals surface area contributed by atoms with E-state index in [2.05, 4.69) is 54.7 Å². The molecular weight excluding hydrogens is 294 g/mol. The fourth-order valence-electron chi connectivity index (χ4n) is 3.93. The van der Waals surface area contributed by atoms with Crippen LogP contribution in [0.4, 0.5) is 0 Å². The Hall–Kier alpha value is -1.80. The second kappa shape index (κ2) is 8.34. The molecule has 1 saturated carbocycles. The molecule has 2 aromatic carbocycles. The Bertz CT molecular complexity index is 608. The average Bonchev–Trinajstić information content (AvgIpc) is 2.63. The van der Waals surface area contributed by atoms with Crippen LogP contribution >= 0.6 is 0 Å². The number of aromatic hydroxyl groups is 1. The van der Waals surface area contributed by atoms with Gasteiger partial charge in [0, 0.05) is 6.04 Å². The first-order valence-electron chi connectivity index (χ1n) is 9.31. The largest absolute Gasteiger partial charge is 0.508 e. The summed E-state index contributed by atoms with van der Waals surface area (Å²) in [5, 5.41) is 13.3. The first kappa shape index (κ1) is 17.0. The summed E-state index contributed by atoms with van der Waals surface area (Å²) in [7, 11) is 0. The van der Waals surface area contributed by atoms with Crippen LogP contribution in [0.15, 0.2) is 54.6 Å².